The van der Waals surface area contributed by atoms with Gasteiger partial charge in [0.2, 0.25) is 0 Å². The predicted molar refractivity (Wildman–Crippen MR) is 41.8 cm³/mol. The Kier molecular flexibility index (Phi) is 1.08. The molecule has 0 amide bonds. The first-order valence-corrected chi connectivity index (χ1v) is 4.44. The maximum absolute atomic E-state index is 8.53. The minimum absolute atomic E-state index is 0.184. The fourth-order valence-corrected chi connectivity index (χ4v) is 2.82. The second kappa shape index (κ2) is 1.93. The molecule has 2 bridgehead atoms. The predicted octanol–water partition coefficient (Wildman–Crippen LogP) is 0.156. The number of hydrogen-bond acceptors (Lipinski definition) is 3. The molecule has 2 saturated heterocycles. The highest BCUT2D eigenvalue weighted by atomic mass is 16.5. The summed E-state index contributed by atoms with van der Waals surface area (Å²) in [6.45, 7) is 0. The Hall–Kier alpha value is -0.770. The summed E-state index contributed by atoms with van der Waals surface area (Å²) in [4.78, 5) is 0. The van der Waals surface area contributed by atoms with Gasteiger partial charge in [-0.2, -0.15) is 0 Å². The van der Waals surface area contributed by atoms with Gasteiger partial charge in [0.25, 0.3) is 0 Å². The van der Waals surface area contributed by atoms with Crippen molar-refractivity contribution in [2.24, 2.45) is 28.6 Å². The minimum atomic E-state index is 0.184. The van der Waals surface area contributed by atoms with E-state index in [2.05, 4.69) is 5.16 Å². The zero-order valence-electron chi connectivity index (χ0n) is 6.68. The third-order valence-corrected chi connectivity index (χ3v) is 3.50. The van der Waals surface area contributed by atoms with Crippen LogP contribution in [0.1, 0.15) is 12.8 Å². The third kappa shape index (κ3) is 0.641. The van der Waals surface area contributed by atoms with Crippen molar-refractivity contribution in [2.45, 2.75) is 25.0 Å². The van der Waals surface area contributed by atoms with E-state index in [0.717, 1.165) is 12.3 Å². The fraction of sp³-hybridized carbons (Fsp3) is 0.875. The van der Waals surface area contributed by atoms with Crippen LogP contribution in [0.25, 0.3) is 0 Å². The van der Waals surface area contributed by atoms with Crippen LogP contribution in [0.4, 0.5) is 0 Å². The maximum Gasteiger partial charge on any atom is 0.144 e. The second-order valence-corrected chi connectivity index (χ2v) is 4.07. The molecule has 66 valence electrons. The summed E-state index contributed by atoms with van der Waals surface area (Å²) in [7, 11) is 0. The first-order chi connectivity index (χ1) is 5.81. The van der Waals surface area contributed by atoms with Gasteiger partial charge in [-0.25, -0.2) is 0 Å². The van der Waals surface area contributed by atoms with Crippen molar-refractivity contribution in [3.63, 3.8) is 0 Å². The summed E-state index contributed by atoms with van der Waals surface area (Å²) in [5.41, 5.74) is 5.57. The van der Waals surface area contributed by atoms with Crippen LogP contribution >= 0.6 is 0 Å². The fourth-order valence-electron chi connectivity index (χ4n) is 2.82. The summed E-state index contributed by atoms with van der Waals surface area (Å²) in [6.07, 6.45) is 2.92. The number of ether oxygens (including phenoxy) is 1. The summed E-state index contributed by atoms with van der Waals surface area (Å²) >= 11 is 0. The summed E-state index contributed by atoms with van der Waals surface area (Å²) in [5.74, 6) is 2.06. The Labute approximate surface area is 70.4 Å². The number of amidine groups is 1. The molecule has 0 radical (unpaired) electrons. The average molecular weight is 168 g/mol. The standard InChI is InChI=1S/C8H12N2O2/c9-8(10-11)5-2-6-3-1-4(3)7(5)12-6/h3-7,11H,1-2H2,(H2,9,10). The molecule has 1 saturated carbocycles. The van der Waals surface area contributed by atoms with Crippen LogP contribution in [-0.2, 0) is 4.74 Å². The molecule has 0 spiro atoms. The number of rotatable bonds is 1. The van der Waals surface area contributed by atoms with Gasteiger partial charge in [0, 0.05) is 5.92 Å². The quantitative estimate of drug-likeness (QED) is 0.253. The van der Waals surface area contributed by atoms with Crippen LogP contribution in [0.15, 0.2) is 5.16 Å². The van der Waals surface area contributed by atoms with Crippen molar-refractivity contribution in [1.82, 2.24) is 0 Å². The summed E-state index contributed by atoms with van der Waals surface area (Å²) in [5, 5.41) is 11.6. The van der Waals surface area contributed by atoms with Gasteiger partial charge in [-0.3, -0.25) is 0 Å². The van der Waals surface area contributed by atoms with Crippen LogP contribution in [-0.4, -0.2) is 23.3 Å². The molecule has 4 heteroatoms. The van der Waals surface area contributed by atoms with Crippen molar-refractivity contribution in [2.75, 3.05) is 0 Å². The van der Waals surface area contributed by atoms with E-state index in [4.69, 9.17) is 15.7 Å². The highest BCUT2D eigenvalue weighted by molar-refractivity contribution is 5.83. The maximum atomic E-state index is 8.53. The topological polar surface area (TPSA) is 67.8 Å². The lowest BCUT2D eigenvalue weighted by Gasteiger charge is -2.16. The van der Waals surface area contributed by atoms with E-state index in [9.17, 15) is 0 Å². The molecule has 0 aromatic heterocycles. The van der Waals surface area contributed by atoms with E-state index in [-0.39, 0.29) is 12.0 Å². The highest BCUT2D eigenvalue weighted by Gasteiger charge is 2.63. The molecule has 5 unspecified atom stereocenters. The van der Waals surface area contributed by atoms with Crippen molar-refractivity contribution in [1.29, 1.82) is 0 Å². The van der Waals surface area contributed by atoms with Gasteiger partial charge >= 0.3 is 0 Å². The van der Waals surface area contributed by atoms with E-state index < -0.39 is 0 Å². The molecular formula is C8H12N2O2. The molecule has 5 atom stereocenters. The molecule has 3 rings (SSSR count). The molecular weight excluding hydrogens is 156 g/mol. The Morgan fingerprint density at radius 2 is 2.25 bits per heavy atom. The van der Waals surface area contributed by atoms with Gasteiger partial charge in [-0.15, -0.1) is 0 Å². The molecule has 0 aromatic rings. The summed E-state index contributed by atoms with van der Waals surface area (Å²) in [6, 6.07) is 0. The number of oxime groups is 1. The Morgan fingerprint density at radius 3 is 2.83 bits per heavy atom. The Morgan fingerprint density at radius 1 is 1.42 bits per heavy atom. The first-order valence-electron chi connectivity index (χ1n) is 4.44. The first kappa shape index (κ1) is 6.71. The van der Waals surface area contributed by atoms with Crippen LogP contribution in [0, 0.1) is 17.8 Å². The zero-order valence-corrected chi connectivity index (χ0v) is 6.68. The number of nitrogens with two attached hydrogens (primary N) is 1. The van der Waals surface area contributed by atoms with Crippen LogP contribution < -0.4 is 5.73 Å². The molecule has 3 aliphatic rings. The van der Waals surface area contributed by atoms with E-state index in [0.29, 0.717) is 17.9 Å². The average Bonchev–Trinajstić information content (AvgIpc) is 2.71. The van der Waals surface area contributed by atoms with E-state index in [1.165, 1.54) is 6.42 Å². The largest absolute Gasteiger partial charge is 0.409 e. The second-order valence-electron chi connectivity index (χ2n) is 4.07. The minimum Gasteiger partial charge on any atom is -0.409 e. The third-order valence-electron chi connectivity index (χ3n) is 3.50. The van der Waals surface area contributed by atoms with Crippen molar-refractivity contribution in [3.05, 3.63) is 0 Å². The van der Waals surface area contributed by atoms with Gasteiger partial charge in [0.05, 0.1) is 12.2 Å². The van der Waals surface area contributed by atoms with Crippen molar-refractivity contribution >= 4 is 5.84 Å². The number of hydrogen-bond donors (Lipinski definition) is 2. The van der Waals surface area contributed by atoms with E-state index in [1.807, 2.05) is 0 Å². The van der Waals surface area contributed by atoms with Gasteiger partial charge < -0.3 is 15.7 Å². The molecule has 3 N–H and O–H groups in total. The molecule has 12 heavy (non-hydrogen) atoms. The number of fused-ring (bicyclic) bond motifs is 5. The van der Waals surface area contributed by atoms with Crippen molar-refractivity contribution < 1.29 is 9.94 Å². The smallest absolute Gasteiger partial charge is 0.144 e. The van der Waals surface area contributed by atoms with Gasteiger partial charge in [-0.05, 0) is 24.7 Å². The Bertz CT molecular complexity index is 253. The molecule has 0 aromatic carbocycles. The molecule has 2 heterocycles. The lowest BCUT2D eigenvalue weighted by molar-refractivity contribution is 0.0672. The lowest BCUT2D eigenvalue weighted by atomic mass is 9.88. The zero-order chi connectivity index (χ0) is 8.29. The van der Waals surface area contributed by atoms with Gasteiger partial charge in [0.15, 0.2) is 0 Å². The molecule has 1 aliphatic carbocycles. The van der Waals surface area contributed by atoms with Crippen LogP contribution in [0.2, 0.25) is 0 Å². The molecule has 2 aliphatic heterocycles. The normalized spacial score (nSPS) is 55.7. The van der Waals surface area contributed by atoms with E-state index >= 15 is 0 Å². The van der Waals surface area contributed by atoms with Gasteiger partial charge in [0.1, 0.15) is 5.84 Å². The lowest BCUT2D eigenvalue weighted by Crippen LogP contribution is -2.32. The van der Waals surface area contributed by atoms with Gasteiger partial charge in [-0.1, -0.05) is 5.16 Å². The Balaban J connectivity index is 1.84. The monoisotopic (exact) mass is 168 g/mol. The SMILES string of the molecule is N/C(=N\O)C1CC2OC1C1CC21. The molecule has 4 nitrogen and oxygen atoms in total. The number of nitrogens with zero attached hydrogens (tertiary/aromatic N) is 1. The summed E-state index contributed by atoms with van der Waals surface area (Å²) < 4.78 is 5.70. The van der Waals surface area contributed by atoms with Crippen LogP contribution in [0.3, 0.4) is 0 Å². The van der Waals surface area contributed by atoms with E-state index in [1.54, 1.807) is 0 Å². The highest BCUT2D eigenvalue weighted by Crippen LogP contribution is 2.60. The molecule has 3 fully saturated rings. The van der Waals surface area contributed by atoms with Crippen LogP contribution in [0.5, 0.6) is 0 Å². The van der Waals surface area contributed by atoms with Crippen molar-refractivity contribution in [3.8, 4) is 0 Å².